The molecular weight excluding hydrogens is 1730 g/mol. The van der Waals surface area contributed by atoms with Crippen LogP contribution in [0.4, 0.5) is 0 Å². The zero-order valence-electron chi connectivity index (χ0n) is 85.8. The fourth-order valence-electron chi connectivity index (χ4n) is 15.0. The Labute approximate surface area is 837 Å². The van der Waals surface area contributed by atoms with Gasteiger partial charge in [-0.15, -0.1) is 0 Å². The van der Waals surface area contributed by atoms with E-state index in [0.717, 1.165) is 68.1 Å². The molecule has 0 bridgehead atoms. The van der Waals surface area contributed by atoms with Crippen molar-refractivity contribution in [1.29, 1.82) is 0 Å². The van der Waals surface area contributed by atoms with Crippen LogP contribution < -0.4 is 30.3 Å². The number of aliphatic hydroxyl groups is 10. The fraction of sp³-hybridized carbons (Fsp3) is 0.627. The van der Waals surface area contributed by atoms with Gasteiger partial charge in [0.15, 0.2) is 5.78 Å². The van der Waals surface area contributed by atoms with E-state index < -0.39 is 80.5 Å². The van der Waals surface area contributed by atoms with Crippen molar-refractivity contribution in [3.05, 3.63) is 265 Å². The molecule has 0 spiro atoms. The standard InChI is InChI=1S/C19H31NO5.C19H29NO4.C19H33NO2.C19H31NO2.C17H27NO3.C17H25NO3.B.Li.H/c1-2-3-4-5-6-7-8-16-9-11-17(12-10-16)18(23)13-19(14-21,15-22)20(24)25;1-2-3-4-5-6-7-8-17-9-11-18(12-10-17)13-14-19(15-21,16-22)20(23)24;2*1-2-3-4-5-6-7-8-17-9-11-18(12-10-17)13-14-19(20,15-21)16-22;2*1-2-3-4-5-6-7-8-15-9-11-16(12-10-15)17(19)13-14-18(20)21;;;/h9-12,18,21-23H,2-8,13-15H2,1H3;9-14,21-22H,2-8,15-16H2,1H3;9-12,21-22H,2-8,13-16,20H2,1H3;9-14,21-22H,2-8,15-16,20H2,1H3;9-12,17,19H,2-8,13-14H2,1H3;9-12H,2-8,13-14H2,1H3;;;/q;;;;;;;+1;-1/b;14-13+;;14-13+;;;;;. The number of aryl methyl sites for hydroxylation is 7. The first-order valence-electron chi connectivity index (χ1n) is 50.9. The molecule has 25 nitrogen and oxygen atoms in total. The number of carbonyl (C=O) groups is 1. The van der Waals surface area contributed by atoms with Gasteiger partial charge < -0.3 is 64.0 Å². The van der Waals surface area contributed by atoms with Crippen LogP contribution in [0, 0.1) is 40.5 Å². The van der Waals surface area contributed by atoms with Gasteiger partial charge >= 0.3 is 18.9 Å². The zero-order chi connectivity index (χ0) is 100. The second-order valence-electron chi connectivity index (χ2n) is 36.8. The number of ketones is 1. The number of nitro groups is 4. The maximum Gasteiger partial charge on any atom is 1.00 e. The minimum Gasteiger partial charge on any atom is -1.00 e. The van der Waals surface area contributed by atoms with Crippen molar-refractivity contribution in [2.75, 3.05) is 65.9 Å². The van der Waals surface area contributed by atoms with Gasteiger partial charge in [0.1, 0.15) is 26.4 Å². The number of benzene rings is 6. The van der Waals surface area contributed by atoms with Crippen LogP contribution in [0.15, 0.2) is 158 Å². The Balaban J connectivity index is -0.00000158. The molecule has 6 aromatic carbocycles. The summed E-state index contributed by atoms with van der Waals surface area (Å²) >= 11 is 0. The molecular formula is C110H177BLiN6O19. The second kappa shape index (κ2) is 82.9. The molecule has 0 aliphatic rings. The monoisotopic (exact) mass is 1900 g/mol. The average molecular weight is 1910 g/mol. The Morgan fingerprint density at radius 2 is 0.613 bits per heavy atom. The second-order valence-corrected chi connectivity index (χ2v) is 36.8. The molecule has 0 saturated heterocycles. The molecule has 27 heteroatoms. The summed E-state index contributed by atoms with van der Waals surface area (Å²) in [5.74, 6) is -0.155. The third-order valence-corrected chi connectivity index (χ3v) is 24.8. The van der Waals surface area contributed by atoms with Crippen LogP contribution in [0.5, 0.6) is 0 Å². The third kappa shape index (κ3) is 62.2. The Hall–Kier alpha value is -7.75. The van der Waals surface area contributed by atoms with Gasteiger partial charge in [0.25, 0.3) is 11.1 Å². The van der Waals surface area contributed by atoms with Crippen molar-refractivity contribution in [2.45, 2.75) is 378 Å². The van der Waals surface area contributed by atoms with Crippen LogP contribution >= 0.6 is 0 Å². The van der Waals surface area contributed by atoms with E-state index in [-0.39, 0.29) is 93.3 Å². The summed E-state index contributed by atoms with van der Waals surface area (Å²) in [6, 6.07) is 47.6. The number of Topliss-reactive ketones (excluding diaryl/α,β-unsaturated/α-hetero) is 1. The summed E-state index contributed by atoms with van der Waals surface area (Å²) in [5.41, 5.74) is 18.7. The van der Waals surface area contributed by atoms with Gasteiger partial charge in [0.05, 0.1) is 62.6 Å². The SMILES string of the molecule is CCCCCCCCc1ccc(/C=C/C(CO)(CO)[N+](=O)[O-])cc1.CCCCCCCCc1ccc(/C=C/C(N)(CO)CO)cc1.CCCCCCCCc1ccc(C(=O)CC[N+](=O)[O-])cc1.CCCCCCCCc1ccc(C(O)CC(CO)(CO)[N+](=O)[O-])cc1.CCCCCCCCc1ccc(C(O)CC[N+](=O)[O-])cc1.CCCCCCCCc1ccc(CCC(N)(CO)CO)cc1.[B].[H-].[Li+]. The summed E-state index contributed by atoms with van der Waals surface area (Å²) in [4.78, 5) is 52.1. The van der Waals surface area contributed by atoms with Crippen LogP contribution in [-0.4, -0.2) is 173 Å². The van der Waals surface area contributed by atoms with E-state index >= 15 is 0 Å². The van der Waals surface area contributed by atoms with Crippen LogP contribution in [0.3, 0.4) is 0 Å². The molecule has 765 valence electrons. The van der Waals surface area contributed by atoms with E-state index in [1.54, 1.807) is 36.4 Å². The maximum atomic E-state index is 11.7. The van der Waals surface area contributed by atoms with Crippen LogP contribution in [0.25, 0.3) is 12.2 Å². The van der Waals surface area contributed by atoms with Crippen molar-refractivity contribution >= 4 is 26.3 Å². The quantitative estimate of drug-likeness (QED) is 0.00555. The molecule has 0 saturated carbocycles. The van der Waals surface area contributed by atoms with Gasteiger partial charge in [-0.25, -0.2) is 0 Å². The summed E-state index contributed by atoms with van der Waals surface area (Å²) < 4.78 is 0. The van der Waals surface area contributed by atoms with E-state index in [2.05, 4.69) is 90.1 Å². The van der Waals surface area contributed by atoms with Crippen LogP contribution in [0.2, 0.25) is 0 Å². The smallest absolute Gasteiger partial charge is 1.00 e. The number of nitrogens with two attached hydrogens (primary N) is 2. The number of rotatable bonds is 70. The Morgan fingerprint density at radius 1 is 0.343 bits per heavy atom. The van der Waals surface area contributed by atoms with Gasteiger partial charge in [-0.05, 0) is 157 Å². The van der Waals surface area contributed by atoms with Gasteiger partial charge in [0.2, 0.25) is 13.1 Å². The fourth-order valence-corrected chi connectivity index (χ4v) is 15.0. The van der Waals surface area contributed by atoms with Crippen LogP contribution in [0.1, 0.15) is 384 Å². The minimum atomic E-state index is -1.92. The number of hydrogen-bond donors (Lipinski definition) is 12. The predicted octanol–water partition coefficient (Wildman–Crippen LogP) is 18.6. The Kier molecular flexibility index (Phi) is 79.5. The van der Waals surface area contributed by atoms with Gasteiger partial charge in [-0.3, -0.25) is 45.3 Å². The first-order valence-corrected chi connectivity index (χ1v) is 50.9. The molecule has 6 aromatic rings. The van der Waals surface area contributed by atoms with Crippen LogP contribution in [-0.2, 0) is 44.9 Å². The molecule has 14 N–H and O–H groups in total. The molecule has 137 heavy (non-hydrogen) atoms. The van der Waals surface area contributed by atoms with Gasteiger partial charge in [-0.2, -0.15) is 0 Å². The first-order chi connectivity index (χ1) is 65.1. The normalized spacial score (nSPS) is 11.8. The molecule has 0 aliphatic carbocycles. The average Bonchev–Trinajstić information content (AvgIpc) is 0.828. The van der Waals surface area contributed by atoms with Gasteiger partial charge in [0, 0.05) is 40.1 Å². The molecule has 0 amide bonds. The summed E-state index contributed by atoms with van der Waals surface area (Å²) in [6.45, 7) is 8.86. The third-order valence-electron chi connectivity index (χ3n) is 24.8. The topological polar surface area (TPSA) is 444 Å². The van der Waals surface area contributed by atoms with E-state index in [1.165, 1.54) is 270 Å². The Morgan fingerprint density at radius 3 is 0.883 bits per heavy atom. The number of carbonyl (C=O) groups excluding carboxylic acids is 1. The molecule has 6 rings (SSSR count). The van der Waals surface area contributed by atoms with Crippen molar-refractivity contribution in [2.24, 2.45) is 11.5 Å². The molecule has 2 atom stereocenters. The molecule has 2 unspecified atom stereocenters. The van der Waals surface area contributed by atoms with Crippen molar-refractivity contribution in [1.82, 2.24) is 0 Å². The predicted molar refractivity (Wildman–Crippen MR) is 556 cm³/mol. The van der Waals surface area contributed by atoms with Crippen molar-refractivity contribution < 1.29 is 95.8 Å². The van der Waals surface area contributed by atoms with E-state index in [4.69, 9.17) is 21.7 Å². The maximum absolute atomic E-state index is 11.7. The number of nitrogens with zero attached hydrogens (tertiary/aromatic N) is 4. The first kappa shape index (κ1) is 131. The minimum absolute atomic E-state index is 0. The molecule has 3 radical (unpaired) electrons. The molecule has 0 aliphatic heterocycles. The number of aliphatic hydroxyl groups excluding tert-OH is 10. The summed E-state index contributed by atoms with van der Waals surface area (Å²) in [5, 5.41) is 136. The van der Waals surface area contributed by atoms with E-state index in [1.807, 2.05) is 78.9 Å². The zero-order valence-corrected chi connectivity index (χ0v) is 84.8. The van der Waals surface area contributed by atoms with E-state index in [0.29, 0.717) is 17.5 Å². The van der Waals surface area contributed by atoms with Gasteiger partial charge in [-0.1, -0.05) is 398 Å². The molecule has 0 fully saturated rings. The van der Waals surface area contributed by atoms with Crippen molar-refractivity contribution in [3.8, 4) is 0 Å². The number of hydrogen-bond acceptors (Lipinski definition) is 21. The molecule has 0 heterocycles. The largest absolute Gasteiger partial charge is 1.00 e. The Bertz CT molecular complexity index is 4010. The number of unbranched alkanes of at least 4 members (excludes halogenated alkanes) is 30. The van der Waals surface area contributed by atoms with Crippen molar-refractivity contribution in [3.63, 3.8) is 0 Å². The van der Waals surface area contributed by atoms with E-state index in [9.17, 15) is 86.1 Å². The summed E-state index contributed by atoms with van der Waals surface area (Å²) in [7, 11) is 0. The molecule has 0 aromatic heterocycles. The summed E-state index contributed by atoms with van der Waals surface area (Å²) in [6.07, 6.45) is 58.4.